The highest BCUT2D eigenvalue weighted by Crippen LogP contribution is 2.31. The van der Waals surface area contributed by atoms with Crippen molar-refractivity contribution in [3.05, 3.63) is 28.8 Å². The maximum Gasteiger partial charge on any atom is 0.122 e. The first-order valence-corrected chi connectivity index (χ1v) is 5.57. The number of hydrogen-bond donors (Lipinski definition) is 2. The van der Waals surface area contributed by atoms with Crippen molar-refractivity contribution in [2.45, 2.75) is 32.8 Å². The van der Waals surface area contributed by atoms with Crippen molar-refractivity contribution in [3.8, 4) is 5.75 Å². The third-order valence-corrected chi connectivity index (χ3v) is 2.82. The van der Waals surface area contributed by atoms with Crippen molar-refractivity contribution in [2.24, 2.45) is 5.73 Å². The highest BCUT2D eigenvalue weighted by atomic mass is 16.5. The monoisotopic (exact) mass is 223 g/mol. The molecular weight excluding hydrogens is 202 g/mol. The number of aliphatic hydroxyl groups is 1. The standard InChI is InChI=1S/C13H21NO2/c1-8(2)10-6-11(12(15)7-14)9(3)5-13(10)16-4/h5-6,8,12,15H,7,14H2,1-4H3. The lowest BCUT2D eigenvalue weighted by molar-refractivity contribution is 0.186. The Bertz CT molecular complexity index is 361. The van der Waals surface area contributed by atoms with Crippen LogP contribution in [-0.4, -0.2) is 18.8 Å². The van der Waals surface area contributed by atoms with Crippen molar-refractivity contribution in [3.63, 3.8) is 0 Å². The van der Waals surface area contributed by atoms with Crippen LogP contribution in [0, 0.1) is 6.92 Å². The molecule has 0 fully saturated rings. The van der Waals surface area contributed by atoms with Crippen LogP contribution in [0.4, 0.5) is 0 Å². The molecule has 90 valence electrons. The second-order valence-electron chi connectivity index (χ2n) is 4.36. The molecule has 1 aromatic rings. The molecule has 0 heterocycles. The summed E-state index contributed by atoms with van der Waals surface area (Å²) in [4.78, 5) is 0. The van der Waals surface area contributed by atoms with E-state index in [1.807, 2.05) is 19.1 Å². The molecule has 1 aromatic carbocycles. The largest absolute Gasteiger partial charge is 0.496 e. The summed E-state index contributed by atoms with van der Waals surface area (Å²) in [5.41, 5.74) is 8.50. The van der Waals surface area contributed by atoms with Gasteiger partial charge in [-0.2, -0.15) is 0 Å². The fourth-order valence-electron chi connectivity index (χ4n) is 1.83. The quantitative estimate of drug-likeness (QED) is 0.822. The Labute approximate surface area is 97.2 Å². The van der Waals surface area contributed by atoms with Crippen LogP contribution in [0.5, 0.6) is 5.75 Å². The van der Waals surface area contributed by atoms with Gasteiger partial charge in [0.25, 0.3) is 0 Å². The predicted octanol–water partition coefficient (Wildman–Crippen LogP) is 2.12. The number of aliphatic hydroxyl groups excluding tert-OH is 1. The Morgan fingerprint density at radius 1 is 1.31 bits per heavy atom. The van der Waals surface area contributed by atoms with Gasteiger partial charge in [-0.05, 0) is 41.7 Å². The number of hydrogen-bond acceptors (Lipinski definition) is 3. The van der Waals surface area contributed by atoms with Crippen LogP contribution in [0.1, 0.15) is 42.6 Å². The van der Waals surface area contributed by atoms with Crippen LogP contribution in [0.25, 0.3) is 0 Å². The van der Waals surface area contributed by atoms with Crippen LogP contribution in [0.3, 0.4) is 0 Å². The normalized spacial score (nSPS) is 12.9. The molecule has 0 bridgehead atoms. The lowest BCUT2D eigenvalue weighted by Gasteiger charge is -2.18. The van der Waals surface area contributed by atoms with Crippen molar-refractivity contribution < 1.29 is 9.84 Å². The first-order chi connectivity index (χ1) is 7.51. The van der Waals surface area contributed by atoms with Crippen LogP contribution in [-0.2, 0) is 0 Å². The van der Waals surface area contributed by atoms with Gasteiger partial charge in [-0.25, -0.2) is 0 Å². The fraction of sp³-hybridized carbons (Fsp3) is 0.538. The van der Waals surface area contributed by atoms with Crippen LogP contribution in [0.2, 0.25) is 0 Å². The Morgan fingerprint density at radius 3 is 2.38 bits per heavy atom. The first-order valence-electron chi connectivity index (χ1n) is 5.57. The lowest BCUT2D eigenvalue weighted by atomic mass is 9.94. The van der Waals surface area contributed by atoms with E-state index in [9.17, 15) is 5.11 Å². The molecule has 0 aliphatic carbocycles. The minimum Gasteiger partial charge on any atom is -0.496 e. The van der Waals surface area contributed by atoms with Crippen LogP contribution >= 0.6 is 0 Å². The number of nitrogens with two attached hydrogens (primary N) is 1. The van der Waals surface area contributed by atoms with Gasteiger partial charge < -0.3 is 15.6 Å². The molecule has 1 unspecified atom stereocenters. The number of benzene rings is 1. The van der Waals surface area contributed by atoms with E-state index in [0.29, 0.717) is 5.92 Å². The van der Waals surface area contributed by atoms with Gasteiger partial charge in [0.1, 0.15) is 5.75 Å². The molecule has 1 rings (SSSR count). The molecule has 3 N–H and O–H groups in total. The molecule has 16 heavy (non-hydrogen) atoms. The molecule has 0 aromatic heterocycles. The SMILES string of the molecule is COc1cc(C)c(C(O)CN)cc1C(C)C. The van der Waals surface area contributed by atoms with E-state index in [4.69, 9.17) is 10.5 Å². The Kier molecular flexibility index (Phi) is 4.33. The Balaban J connectivity index is 3.27. The predicted molar refractivity (Wildman–Crippen MR) is 65.8 cm³/mol. The van der Waals surface area contributed by atoms with E-state index >= 15 is 0 Å². The van der Waals surface area contributed by atoms with Crippen molar-refractivity contribution in [1.82, 2.24) is 0 Å². The molecular formula is C13H21NO2. The summed E-state index contributed by atoms with van der Waals surface area (Å²) < 4.78 is 5.34. The smallest absolute Gasteiger partial charge is 0.122 e. The Hall–Kier alpha value is -1.06. The second kappa shape index (κ2) is 5.32. The molecule has 0 aliphatic rings. The zero-order valence-corrected chi connectivity index (χ0v) is 10.4. The van der Waals surface area contributed by atoms with E-state index in [2.05, 4.69) is 13.8 Å². The maximum absolute atomic E-state index is 9.81. The molecule has 0 saturated carbocycles. The zero-order valence-electron chi connectivity index (χ0n) is 10.4. The van der Waals surface area contributed by atoms with Gasteiger partial charge in [0.2, 0.25) is 0 Å². The van der Waals surface area contributed by atoms with Gasteiger partial charge >= 0.3 is 0 Å². The topological polar surface area (TPSA) is 55.5 Å². The fourth-order valence-corrected chi connectivity index (χ4v) is 1.83. The molecule has 0 aliphatic heterocycles. The van der Waals surface area contributed by atoms with Gasteiger partial charge in [-0.1, -0.05) is 13.8 Å². The molecule has 3 nitrogen and oxygen atoms in total. The van der Waals surface area contributed by atoms with E-state index in [-0.39, 0.29) is 6.54 Å². The summed E-state index contributed by atoms with van der Waals surface area (Å²) in [5.74, 6) is 1.24. The molecule has 0 spiro atoms. The maximum atomic E-state index is 9.81. The van der Waals surface area contributed by atoms with Crippen molar-refractivity contribution in [2.75, 3.05) is 13.7 Å². The van der Waals surface area contributed by atoms with E-state index in [1.165, 1.54) is 0 Å². The second-order valence-corrected chi connectivity index (χ2v) is 4.36. The number of ether oxygens (including phenoxy) is 1. The third-order valence-electron chi connectivity index (χ3n) is 2.82. The average molecular weight is 223 g/mol. The minimum absolute atomic E-state index is 0.241. The van der Waals surface area contributed by atoms with Gasteiger partial charge in [-0.3, -0.25) is 0 Å². The summed E-state index contributed by atoms with van der Waals surface area (Å²) in [5, 5.41) is 9.81. The van der Waals surface area contributed by atoms with Crippen molar-refractivity contribution in [1.29, 1.82) is 0 Å². The molecule has 1 atom stereocenters. The summed E-state index contributed by atoms with van der Waals surface area (Å²) >= 11 is 0. The minimum atomic E-state index is -0.594. The van der Waals surface area contributed by atoms with Crippen molar-refractivity contribution >= 4 is 0 Å². The summed E-state index contributed by atoms with van der Waals surface area (Å²) in [6, 6.07) is 3.96. The third kappa shape index (κ3) is 2.54. The van der Waals surface area contributed by atoms with Gasteiger partial charge in [0.15, 0.2) is 0 Å². The number of aryl methyl sites for hydroxylation is 1. The molecule has 0 radical (unpaired) electrons. The van der Waals surface area contributed by atoms with E-state index in [0.717, 1.165) is 22.4 Å². The summed E-state index contributed by atoms with van der Waals surface area (Å²) in [6.07, 6.45) is -0.594. The summed E-state index contributed by atoms with van der Waals surface area (Å²) in [7, 11) is 1.67. The number of methoxy groups -OCH3 is 1. The van der Waals surface area contributed by atoms with Crippen LogP contribution < -0.4 is 10.5 Å². The highest BCUT2D eigenvalue weighted by Gasteiger charge is 2.15. The van der Waals surface area contributed by atoms with Gasteiger partial charge in [0, 0.05) is 6.54 Å². The van der Waals surface area contributed by atoms with E-state index < -0.39 is 6.10 Å². The molecule has 0 saturated heterocycles. The van der Waals surface area contributed by atoms with Crippen LogP contribution in [0.15, 0.2) is 12.1 Å². The lowest BCUT2D eigenvalue weighted by Crippen LogP contribution is -2.13. The van der Waals surface area contributed by atoms with E-state index in [1.54, 1.807) is 7.11 Å². The number of rotatable bonds is 4. The van der Waals surface area contributed by atoms with Gasteiger partial charge in [-0.15, -0.1) is 0 Å². The average Bonchev–Trinajstić information content (AvgIpc) is 2.27. The van der Waals surface area contributed by atoms with Gasteiger partial charge in [0.05, 0.1) is 13.2 Å². The molecule has 0 amide bonds. The highest BCUT2D eigenvalue weighted by molar-refractivity contribution is 5.44. The zero-order chi connectivity index (χ0) is 12.3. The summed E-state index contributed by atoms with van der Waals surface area (Å²) in [6.45, 7) is 6.41. The molecule has 3 heteroatoms. The first kappa shape index (κ1) is 13.0. The Morgan fingerprint density at radius 2 is 1.94 bits per heavy atom.